The van der Waals surface area contributed by atoms with E-state index in [1.54, 1.807) is 18.2 Å². The van der Waals surface area contributed by atoms with Crippen LogP contribution in [0.25, 0.3) is 0 Å². The topological polar surface area (TPSA) is 80.8 Å². The zero-order valence-corrected chi connectivity index (χ0v) is 17.3. The van der Waals surface area contributed by atoms with Crippen LogP contribution in [0.5, 0.6) is 0 Å². The molecule has 1 aromatic rings. The number of hydrogen-bond donors (Lipinski definition) is 0. The lowest BCUT2D eigenvalue weighted by atomic mass is 9.86. The summed E-state index contributed by atoms with van der Waals surface area (Å²) in [5.41, 5.74) is 1.93. The van der Waals surface area contributed by atoms with Crippen molar-refractivity contribution in [3.63, 3.8) is 0 Å². The number of fused-ring (bicyclic) bond motifs is 1. The van der Waals surface area contributed by atoms with Gasteiger partial charge in [-0.2, -0.15) is 0 Å². The zero-order chi connectivity index (χ0) is 20.1. The lowest BCUT2D eigenvalue weighted by Crippen LogP contribution is -2.34. The Bertz CT molecular complexity index is 827. The summed E-state index contributed by atoms with van der Waals surface area (Å²) in [7, 11) is -3.33. The van der Waals surface area contributed by atoms with Crippen LogP contribution in [-0.4, -0.2) is 39.6 Å². The number of anilines is 1. The minimum absolute atomic E-state index is 0.259. The maximum Gasteiger partial charge on any atom is 0.306 e. The first-order valence-electron chi connectivity index (χ1n) is 10.1. The molecule has 0 unspecified atom stereocenters. The number of benzene rings is 1. The van der Waals surface area contributed by atoms with Crippen molar-refractivity contribution < 1.29 is 22.7 Å². The Kier molecular flexibility index (Phi) is 6.75. The highest BCUT2D eigenvalue weighted by Gasteiger charge is 2.25. The van der Waals surface area contributed by atoms with Gasteiger partial charge in [-0.25, -0.2) is 8.42 Å². The summed E-state index contributed by atoms with van der Waals surface area (Å²) in [6.45, 7) is 0.190. The van der Waals surface area contributed by atoms with E-state index in [4.69, 9.17) is 4.74 Å². The average Bonchev–Trinajstić information content (AvgIpc) is 2.69. The Balaban J connectivity index is 1.54. The number of rotatable bonds is 7. The molecule has 6 nitrogen and oxygen atoms in total. The molecule has 2 aliphatic rings. The van der Waals surface area contributed by atoms with Gasteiger partial charge >= 0.3 is 5.97 Å². The molecule has 0 bridgehead atoms. The summed E-state index contributed by atoms with van der Waals surface area (Å²) in [5.74, 6) is 0.0286. The monoisotopic (exact) mass is 407 g/mol. The molecule has 0 atom stereocenters. The molecule has 1 aliphatic heterocycles. The summed E-state index contributed by atoms with van der Waals surface area (Å²) < 4.78 is 30.4. The molecule has 28 heavy (non-hydrogen) atoms. The summed E-state index contributed by atoms with van der Waals surface area (Å²) >= 11 is 0. The SMILES string of the molecule is CS(=O)(=O)N1CCCc2cc(C(=O)COC(=O)CCC3CCCCC3)ccc21. The van der Waals surface area contributed by atoms with Crippen molar-refractivity contribution in [1.29, 1.82) is 0 Å². The maximum absolute atomic E-state index is 12.4. The van der Waals surface area contributed by atoms with E-state index in [0.29, 0.717) is 36.6 Å². The molecule has 0 saturated heterocycles. The zero-order valence-electron chi connectivity index (χ0n) is 16.5. The van der Waals surface area contributed by atoms with Crippen molar-refractivity contribution in [2.24, 2.45) is 5.92 Å². The molecule has 0 amide bonds. The number of carbonyl (C=O) groups excluding carboxylic acids is 2. The Morgan fingerprint density at radius 2 is 1.89 bits per heavy atom. The molecular formula is C21H29NO5S. The number of Topliss-reactive ketones (excluding diaryl/α,β-unsaturated/α-hetero) is 1. The summed E-state index contributed by atoms with van der Waals surface area (Å²) in [6, 6.07) is 5.01. The standard InChI is InChI=1S/C21H29NO5S/c1-28(25,26)22-13-5-8-17-14-18(10-11-19(17)22)20(23)15-27-21(24)12-9-16-6-3-2-4-7-16/h10-11,14,16H,2-9,12-13,15H2,1H3. The van der Waals surface area contributed by atoms with Crippen LogP contribution in [0.4, 0.5) is 5.69 Å². The van der Waals surface area contributed by atoms with E-state index in [2.05, 4.69) is 0 Å². The van der Waals surface area contributed by atoms with Crippen molar-refractivity contribution in [1.82, 2.24) is 0 Å². The van der Waals surface area contributed by atoms with Crippen LogP contribution in [0, 0.1) is 5.92 Å². The second-order valence-corrected chi connectivity index (χ2v) is 9.82. The highest BCUT2D eigenvalue weighted by atomic mass is 32.2. The largest absolute Gasteiger partial charge is 0.457 e. The van der Waals surface area contributed by atoms with Gasteiger partial charge in [-0.15, -0.1) is 0 Å². The Morgan fingerprint density at radius 1 is 1.14 bits per heavy atom. The van der Waals surface area contributed by atoms with Crippen LogP contribution in [-0.2, 0) is 26.0 Å². The van der Waals surface area contributed by atoms with E-state index in [0.717, 1.165) is 18.4 Å². The molecule has 0 N–H and O–H groups in total. The second kappa shape index (κ2) is 9.07. The van der Waals surface area contributed by atoms with E-state index < -0.39 is 10.0 Å². The fraction of sp³-hybridized carbons (Fsp3) is 0.619. The van der Waals surface area contributed by atoms with Gasteiger partial charge in [-0.05, 0) is 48.9 Å². The third kappa shape index (κ3) is 5.34. The van der Waals surface area contributed by atoms with Gasteiger partial charge in [0.25, 0.3) is 0 Å². The van der Waals surface area contributed by atoms with E-state index in [9.17, 15) is 18.0 Å². The van der Waals surface area contributed by atoms with Crippen molar-refractivity contribution in [3.05, 3.63) is 29.3 Å². The van der Waals surface area contributed by atoms with Gasteiger partial charge in [0.1, 0.15) is 0 Å². The Labute approximate surface area is 167 Å². The van der Waals surface area contributed by atoms with Gasteiger partial charge in [0.2, 0.25) is 10.0 Å². The number of ether oxygens (including phenoxy) is 1. The molecule has 1 aliphatic carbocycles. The first-order valence-corrected chi connectivity index (χ1v) is 12.0. The molecule has 0 spiro atoms. The smallest absolute Gasteiger partial charge is 0.306 e. The minimum Gasteiger partial charge on any atom is -0.457 e. The van der Waals surface area contributed by atoms with Gasteiger partial charge in [-0.1, -0.05) is 32.1 Å². The molecule has 7 heteroatoms. The molecule has 1 saturated carbocycles. The number of nitrogens with zero attached hydrogens (tertiary/aromatic N) is 1. The maximum atomic E-state index is 12.4. The van der Waals surface area contributed by atoms with Crippen LogP contribution < -0.4 is 4.31 Å². The number of hydrogen-bond acceptors (Lipinski definition) is 5. The summed E-state index contributed by atoms with van der Waals surface area (Å²) in [4.78, 5) is 24.4. The van der Waals surface area contributed by atoms with Gasteiger partial charge in [-0.3, -0.25) is 13.9 Å². The van der Waals surface area contributed by atoms with Gasteiger partial charge in [0, 0.05) is 18.5 Å². The van der Waals surface area contributed by atoms with E-state index in [1.807, 2.05) is 0 Å². The van der Waals surface area contributed by atoms with E-state index in [-0.39, 0.29) is 18.4 Å². The molecule has 154 valence electrons. The van der Waals surface area contributed by atoms with Gasteiger partial charge in [0.15, 0.2) is 12.4 Å². The number of carbonyl (C=O) groups is 2. The van der Waals surface area contributed by atoms with Crippen molar-refractivity contribution >= 4 is 27.5 Å². The lowest BCUT2D eigenvalue weighted by molar-refractivity contribution is -0.142. The predicted octanol–water partition coefficient (Wildman–Crippen LogP) is 3.49. The molecule has 1 fully saturated rings. The van der Waals surface area contributed by atoms with Crippen LogP contribution in [0.1, 0.15) is 67.3 Å². The molecule has 3 rings (SSSR count). The first-order chi connectivity index (χ1) is 13.3. The van der Waals surface area contributed by atoms with Crippen molar-refractivity contribution in [3.8, 4) is 0 Å². The molecule has 0 aromatic heterocycles. The summed E-state index contributed by atoms with van der Waals surface area (Å²) in [6.07, 6.45) is 9.99. The van der Waals surface area contributed by atoms with Crippen LogP contribution in [0.2, 0.25) is 0 Å². The molecule has 1 heterocycles. The third-order valence-electron chi connectivity index (χ3n) is 5.72. The number of ketones is 1. The molecular weight excluding hydrogens is 378 g/mol. The fourth-order valence-electron chi connectivity index (χ4n) is 4.18. The van der Waals surface area contributed by atoms with Crippen molar-refractivity contribution in [2.75, 3.05) is 23.7 Å². The van der Waals surface area contributed by atoms with E-state index >= 15 is 0 Å². The number of esters is 1. The predicted molar refractivity (Wildman–Crippen MR) is 108 cm³/mol. The van der Waals surface area contributed by atoms with Crippen LogP contribution in [0.15, 0.2) is 18.2 Å². The Morgan fingerprint density at radius 3 is 2.61 bits per heavy atom. The van der Waals surface area contributed by atoms with Crippen molar-refractivity contribution in [2.45, 2.75) is 57.8 Å². The molecule has 0 radical (unpaired) electrons. The fourth-order valence-corrected chi connectivity index (χ4v) is 5.18. The average molecular weight is 408 g/mol. The minimum atomic E-state index is -3.33. The van der Waals surface area contributed by atoms with E-state index in [1.165, 1.54) is 42.7 Å². The first kappa shape index (κ1) is 20.8. The lowest BCUT2D eigenvalue weighted by Gasteiger charge is -2.29. The van der Waals surface area contributed by atoms with Crippen LogP contribution >= 0.6 is 0 Å². The highest BCUT2D eigenvalue weighted by molar-refractivity contribution is 7.92. The number of sulfonamides is 1. The van der Waals surface area contributed by atoms with Gasteiger partial charge < -0.3 is 4.74 Å². The quantitative estimate of drug-likeness (QED) is 0.511. The normalized spacial score (nSPS) is 17.8. The Hall–Kier alpha value is -1.89. The number of aryl methyl sites for hydroxylation is 1. The molecule has 1 aromatic carbocycles. The summed E-state index contributed by atoms with van der Waals surface area (Å²) in [5, 5.41) is 0. The van der Waals surface area contributed by atoms with Crippen LogP contribution in [0.3, 0.4) is 0 Å². The highest BCUT2D eigenvalue weighted by Crippen LogP contribution is 2.30. The third-order valence-corrected chi connectivity index (χ3v) is 6.90. The second-order valence-electron chi connectivity index (χ2n) is 7.91. The van der Waals surface area contributed by atoms with Gasteiger partial charge in [0.05, 0.1) is 11.9 Å².